The first kappa shape index (κ1) is 29.4. The molecule has 3 aromatic rings. The molecule has 0 unspecified atom stereocenters. The van der Waals surface area contributed by atoms with Crippen LogP contribution in [0.2, 0.25) is 0 Å². The standard InChI is InChI=1S/C29H36N5O5/c1-3-4-13-23(27(37)29(39)32-18(2)19-10-6-5-7-11-19)34-28(38)24(33-26(36)16-25(30)35)15-20-17-31-22-14-9-8-12-21(20)22/h5-12,14,16-18,23-24,27,31,37H,3-4,13,15H2,1-2H3,(H2,30,35)(H,32,39)(H,33,36)(H,34,38)/t18-,23+,24+,27+/m1/s1. The fourth-order valence-electron chi connectivity index (χ4n) is 4.40. The Labute approximate surface area is 227 Å². The summed E-state index contributed by atoms with van der Waals surface area (Å²) in [5.41, 5.74) is 7.61. The molecule has 0 fully saturated rings. The van der Waals surface area contributed by atoms with E-state index in [2.05, 4.69) is 20.9 Å². The van der Waals surface area contributed by atoms with Gasteiger partial charge in [-0.2, -0.15) is 0 Å². The summed E-state index contributed by atoms with van der Waals surface area (Å²) in [6.45, 7) is 3.77. The zero-order valence-electron chi connectivity index (χ0n) is 22.1. The van der Waals surface area contributed by atoms with Crippen molar-refractivity contribution >= 4 is 34.5 Å². The topological polar surface area (TPSA) is 166 Å². The van der Waals surface area contributed by atoms with Crippen LogP contribution in [0, 0.1) is 6.42 Å². The summed E-state index contributed by atoms with van der Waals surface area (Å²) in [4.78, 5) is 53.1. The molecule has 0 aliphatic heterocycles. The second-order valence-electron chi connectivity index (χ2n) is 9.51. The third kappa shape index (κ3) is 8.41. The molecule has 0 saturated heterocycles. The fraction of sp³-hybridized carbons (Fsp3) is 0.345. The van der Waals surface area contributed by atoms with E-state index in [4.69, 9.17) is 5.73 Å². The van der Waals surface area contributed by atoms with Crippen molar-refractivity contribution in [1.82, 2.24) is 20.9 Å². The lowest BCUT2D eigenvalue weighted by molar-refractivity contribution is -0.134. The molecule has 0 aliphatic rings. The van der Waals surface area contributed by atoms with Crippen molar-refractivity contribution in [1.29, 1.82) is 0 Å². The van der Waals surface area contributed by atoms with E-state index in [1.165, 1.54) is 0 Å². The molecule has 10 nitrogen and oxygen atoms in total. The van der Waals surface area contributed by atoms with E-state index < -0.39 is 41.8 Å². The Morgan fingerprint density at radius 2 is 1.67 bits per heavy atom. The first-order valence-electron chi connectivity index (χ1n) is 13.0. The minimum absolute atomic E-state index is 0.0992. The maximum absolute atomic E-state index is 13.5. The second-order valence-corrected chi connectivity index (χ2v) is 9.51. The van der Waals surface area contributed by atoms with Crippen LogP contribution >= 0.6 is 0 Å². The van der Waals surface area contributed by atoms with Gasteiger partial charge in [-0.25, -0.2) is 0 Å². The molecule has 2 aromatic carbocycles. The summed E-state index contributed by atoms with van der Waals surface area (Å²) < 4.78 is 0. The van der Waals surface area contributed by atoms with Crippen LogP contribution in [0.5, 0.6) is 0 Å². The number of H-pyrrole nitrogens is 1. The van der Waals surface area contributed by atoms with Gasteiger partial charge in [0.2, 0.25) is 17.7 Å². The number of unbranched alkanes of at least 4 members (excludes halogenated alkanes) is 1. The molecular formula is C29H36N5O5. The van der Waals surface area contributed by atoms with Gasteiger partial charge in [-0.15, -0.1) is 0 Å². The number of aromatic nitrogens is 1. The number of carbonyl (C=O) groups is 4. The number of para-hydroxylation sites is 1. The van der Waals surface area contributed by atoms with Crippen molar-refractivity contribution < 1.29 is 24.3 Å². The molecule has 0 saturated carbocycles. The highest BCUT2D eigenvalue weighted by Crippen LogP contribution is 2.20. The summed E-state index contributed by atoms with van der Waals surface area (Å²) in [6, 6.07) is 14.5. The summed E-state index contributed by atoms with van der Waals surface area (Å²) in [5.74, 6) is -2.98. The summed E-state index contributed by atoms with van der Waals surface area (Å²) in [6.07, 6.45) is 2.77. The van der Waals surface area contributed by atoms with E-state index in [1.807, 2.05) is 68.4 Å². The molecule has 0 aliphatic carbocycles. The zero-order chi connectivity index (χ0) is 28.4. The van der Waals surface area contributed by atoms with Crippen LogP contribution in [-0.2, 0) is 25.6 Å². The van der Waals surface area contributed by atoms with E-state index in [9.17, 15) is 24.3 Å². The molecule has 39 heavy (non-hydrogen) atoms. The Morgan fingerprint density at radius 3 is 2.36 bits per heavy atom. The van der Waals surface area contributed by atoms with Crippen LogP contribution in [0.4, 0.5) is 0 Å². The Morgan fingerprint density at radius 1 is 0.974 bits per heavy atom. The van der Waals surface area contributed by atoms with E-state index in [1.54, 1.807) is 6.20 Å². The number of carbonyl (C=O) groups excluding carboxylic acids is 4. The van der Waals surface area contributed by atoms with Gasteiger partial charge in [-0.05, 0) is 30.5 Å². The predicted molar refractivity (Wildman–Crippen MR) is 148 cm³/mol. The van der Waals surface area contributed by atoms with Crippen LogP contribution < -0.4 is 21.7 Å². The Kier molecular flexibility index (Phi) is 10.6. The smallest absolute Gasteiger partial charge is 0.251 e. The average Bonchev–Trinajstić information content (AvgIpc) is 3.32. The van der Waals surface area contributed by atoms with Gasteiger partial charge in [0.05, 0.1) is 12.1 Å². The van der Waals surface area contributed by atoms with Crippen molar-refractivity contribution in [3.63, 3.8) is 0 Å². The highest BCUT2D eigenvalue weighted by molar-refractivity contribution is 6.08. The number of rotatable bonds is 14. The number of hydrogen-bond donors (Lipinski definition) is 6. The average molecular weight is 535 g/mol. The number of fused-ring (bicyclic) bond motifs is 1. The molecule has 207 valence electrons. The van der Waals surface area contributed by atoms with Crippen molar-refractivity contribution in [2.24, 2.45) is 5.73 Å². The molecule has 1 heterocycles. The van der Waals surface area contributed by atoms with E-state index in [-0.39, 0.29) is 12.5 Å². The molecule has 1 radical (unpaired) electrons. The molecule has 10 heteroatoms. The van der Waals surface area contributed by atoms with E-state index in [0.717, 1.165) is 28.5 Å². The van der Waals surface area contributed by atoms with E-state index >= 15 is 0 Å². The van der Waals surface area contributed by atoms with Crippen molar-refractivity contribution in [3.05, 3.63) is 78.3 Å². The number of primary amides is 1. The van der Waals surface area contributed by atoms with Gasteiger partial charge in [-0.3, -0.25) is 19.2 Å². The Balaban J connectivity index is 1.77. The number of aromatic amines is 1. The Hall–Kier alpha value is -4.18. The molecule has 0 bridgehead atoms. The van der Waals surface area contributed by atoms with E-state index in [0.29, 0.717) is 19.3 Å². The number of aliphatic hydroxyl groups excluding tert-OH is 1. The maximum Gasteiger partial charge on any atom is 0.251 e. The van der Waals surface area contributed by atoms with Crippen LogP contribution in [0.1, 0.15) is 50.3 Å². The number of aliphatic hydroxyl groups is 1. The lowest BCUT2D eigenvalue weighted by atomic mass is 10.00. The number of amides is 4. The first-order valence-corrected chi connectivity index (χ1v) is 13.0. The summed E-state index contributed by atoms with van der Waals surface area (Å²) >= 11 is 0. The Bertz CT molecular complexity index is 1280. The highest BCUT2D eigenvalue weighted by Gasteiger charge is 2.31. The number of hydrogen-bond acceptors (Lipinski definition) is 5. The van der Waals surface area contributed by atoms with Gasteiger partial charge in [0.25, 0.3) is 5.91 Å². The van der Waals surface area contributed by atoms with Gasteiger partial charge in [-0.1, -0.05) is 68.3 Å². The first-order chi connectivity index (χ1) is 18.7. The van der Waals surface area contributed by atoms with Crippen LogP contribution in [-0.4, -0.2) is 51.9 Å². The molecule has 7 N–H and O–H groups in total. The normalized spacial score (nSPS) is 14.1. The van der Waals surface area contributed by atoms with Gasteiger partial charge < -0.3 is 31.8 Å². The third-order valence-electron chi connectivity index (χ3n) is 6.51. The SMILES string of the molecule is CCCC[C@H](NC(=O)[C@H](Cc1c[nH]c2ccccc12)NC(=O)[CH]C(N)=O)[C@H](O)C(=O)N[C@H](C)c1ccccc1. The predicted octanol–water partition coefficient (Wildman–Crippen LogP) is 1.80. The van der Waals surface area contributed by atoms with Gasteiger partial charge >= 0.3 is 0 Å². The zero-order valence-corrected chi connectivity index (χ0v) is 22.1. The lowest BCUT2D eigenvalue weighted by Gasteiger charge is -2.27. The molecule has 1 aromatic heterocycles. The molecular weight excluding hydrogens is 498 g/mol. The molecule has 0 spiro atoms. The van der Waals surface area contributed by atoms with Crippen LogP contribution in [0.3, 0.4) is 0 Å². The third-order valence-corrected chi connectivity index (χ3v) is 6.51. The minimum Gasteiger partial charge on any atom is -0.381 e. The number of nitrogens with two attached hydrogens (primary N) is 1. The lowest BCUT2D eigenvalue weighted by Crippen LogP contribution is -2.56. The van der Waals surface area contributed by atoms with Crippen LogP contribution in [0.25, 0.3) is 10.9 Å². The monoisotopic (exact) mass is 534 g/mol. The molecule has 4 amide bonds. The molecule has 3 rings (SSSR count). The van der Waals surface area contributed by atoms with Crippen molar-refractivity contribution in [2.75, 3.05) is 0 Å². The summed E-state index contributed by atoms with van der Waals surface area (Å²) in [7, 11) is 0. The van der Waals surface area contributed by atoms with Crippen molar-refractivity contribution in [3.8, 4) is 0 Å². The van der Waals surface area contributed by atoms with Gasteiger partial charge in [0, 0.05) is 23.5 Å². The van der Waals surface area contributed by atoms with Crippen molar-refractivity contribution in [2.45, 2.75) is 63.8 Å². The van der Waals surface area contributed by atoms with Gasteiger partial charge in [0.15, 0.2) is 6.10 Å². The molecule has 4 atom stereocenters. The number of benzene rings is 2. The highest BCUT2D eigenvalue weighted by atomic mass is 16.3. The summed E-state index contributed by atoms with van der Waals surface area (Å²) in [5, 5.41) is 19.9. The minimum atomic E-state index is -1.52. The fourth-order valence-corrected chi connectivity index (χ4v) is 4.40. The van der Waals surface area contributed by atoms with Gasteiger partial charge in [0.1, 0.15) is 12.5 Å². The van der Waals surface area contributed by atoms with Crippen LogP contribution in [0.15, 0.2) is 60.8 Å². The quantitative estimate of drug-likeness (QED) is 0.173. The second kappa shape index (κ2) is 14.1. The largest absolute Gasteiger partial charge is 0.381 e. The number of nitrogens with one attached hydrogen (secondary N) is 4. The maximum atomic E-state index is 13.5.